The van der Waals surface area contributed by atoms with Crippen LogP contribution in [0, 0.1) is 5.92 Å². The van der Waals surface area contributed by atoms with E-state index in [1.54, 1.807) is 0 Å². The van der Waals surface area contributed by atoms with Crippen molar-refractivity contribution in [2.24, 2.45) is 5.92 Å². The van der Waals surface area contributed by atoms with E-state index in [-0.39, 0.29) is 0 Å². The Labute approximate surface area is 85.8 Å². The van der Waals surface area contributed by atoms with Crippen LogP contribution < -0.4 is 0 Å². The molecular formula is C13H18O. The van der Waals surface area contributed by atoms with E-state index >= 15 is 0 Å². The minimum absolute atomic E-state index is 0.347. The molecule has 2 rings (SSSR count). The van der Waals surface area contributed by atoms with Crippen molar-refractivity contribution in [2.75, 3.05) is 6.61 Å². The summed E-state index contributed by atoms with van der Waals surface area (Å²) >= 11 is 0. The van der Waals surface area contributed by atoms with Crippen LogP contribution in [0.1, 0.15) is 37.2 Å². The van der Waals surface area contributed by atoms with E-state index in [9.17, 15) is 5.11 Å². The van der Waals surface area contributed by atoms with Gasteiger partial charge in [-0.15, -0.1) is 0 Å². The Morgan fingerprint density at radius 2 is 1.79 bits per heavy atom. The maximum Gasteiger partial charge on any atom is 0.0465 e. The Bertz CT molecular complexity index is 268. The third kappa shape index (κ3) is 1.98. The SMILES string of the molecule is OC[C@@H]1CCCC[C@@H]1c1ccccc1. The predicted octanol–water partition coefficient (Wildman–Crippen LogP) is 2.95. The molecule has 1 aromatic rings. The molecule has 1 nitrogen and oxygen atoms in total. The van der Waals surface area contributed by atoms with Gasteiger partial charge in [-0.05, 0) is 30.2 Å². The Hall–Kier alpha value is -0.820. The van der Waals surface area contributed by atoms with Gasteiger partial charge in [-0.1, -0.05) is 43.2 Å². The quantitative estimate of drug-likeness (QED) is 0.760. The van der Waals surface area contributed by atoms with Gasteiger partial charge in [0.25, 0.3) is 0 Å². The first-order valence-electron chi connectivity index (χ1n) is 5.57. The molecule has 0 spiro atoms. The topological polar surface area (TPSA) is 20.2 Å². The fourth-order valence-corrected chi connectivity index (χ4v) is 2.57. The van der Waals surface area contributed by atoms with Crippen molar-refractivity contribution < 1.29 is 5.11 Å². The van der Waals surface area contributed by atoms with E-state index in [2.05, 4.69) is 30.3 Å². The van der Waals surface area contributed by atoms with Crippen molar-refractivity contribution in [2.45, 2.75) is 31.6 Å². The van der Waals surface area contributed by atoms with Gasteiger partial charge >= 0.3 is 0 Å². The Kier molecular flexibility index (Phi) is 3.20. The molecule has 1 aliphatic rings. The van der Waals surface area contributed by atoms with Crippen molar-refractivity contribution in [3.63, 3.8) is 0 Å². The highest BCUT2D eigenvalue weighted by atomic mass is 16.3. The average Bonchev–Trinajstić information content (AvgIpc) is 2.30. The van der Waals surface area contributed by atoms with Crippen LogP contribution in [0.4, 0.5) is 0 Å². The van der Waals surface area contributed by atoms with Crippen LogP contribution in [-0.2, 0) is 0 Å². The van der Waals surface area contributed by atoms with E-state index in [4.69, 9.17) is 0 Å². The minimum Gasteiger partial charge on any atom is -0.396 e. The second-order valence-electron chi connectivity index (χ2n) is 4.24. The minimum atomic E-state index is 0.347. The van der Waals surface area contributed by atoms with Crippen LogP contribution in [0.15, 0.2) is 30.3 Å². The van der Waals surface area contributed by atoms with E-state index in [0.29, 0.717) is 18.4 Å². The van der Waals surface area contributed by atoms with Gasteiger partial charge in [0, 0.05) is 6.61 Å². The molecule has 0 heterocycles. The summed E-state index contributed by atoms with van der Waals surface area (Å²) in [6.07, 6.45) is 5.04. The molecule has 0 aliphatic heterocycles. The molecule has 0 radical (unpaired) electrons. The number of aliphatic hydroxyl groups excluding tert-OH is 1. The third-order valence-corrected chi connectivity index (χ3v) is 3.37. The molecule has 2 atom stereocenters. The monoisotopic (exact) mass is 190 g/mol. The Balaban J connectivity index is 2.15. The van der Waals surface area contributed by atoms with Crippen LogP contribution in [0.25, 0.3) is 0 Å². The molecule has 0 aromatic heterocycles. The summed E-state index contributed by atoms with van der Waals surface area (Å²) in [6, 6.07) is 10.6. The van der Waals surface area contributed by atoms with Crippen LogP contribution in [-0.4, -0.2) is 11.7 Å². The van der Waals surface area contributed by atoms with E-state index in [0.717, 1.165) is 0 Å². The van der Waals surface area contributed by atoms with E-state index in [1.807, 2.05) is 0 Å². The summed E-state index contributed by atoms with van der Waals surface area (Å²) in [5.41, 5.74) is 1.41. The first-order chi connectivity index (χ1) is 6.92. The van der Waals surface area contributed by atoms with Crippen LogP contribution in [0.5, 0.6) is 0 Å². The molecule has 1 saturated carbocycles. The zero-order chi connectivity index (χ0) is 9.80. The standard InChI is InChI=1S/C13H18O/c14-10-12-8-4-5-9-13(12)11-6-2-1-3-7-11/h1-3,6-7,12-14H,4-5,8-10H2/t12-,13+/m0/s1. The van der Waals surface area contributed by atoms with Gasteiger partial charge in [0.2, 0.25) is 0 Å². The number of hydrogen-bond acceptors (Lipinski definition) is 1. The fraction of sp³-hybridized carbons (Fsp3) is 0.538. The van der Waals surface area contributed by atoms with E-state index in [1.165, 1.54) is 31.2 Å². The van der Waals surface area contributed by atoms with Gasteiger partial charge in [0.1, 0.15) is 0 Å². The molecular weight excluding hydrogens is 172 g/mol. The molecule has 1 N–H and O–H groups in total. The molecule has 0 unspecified atom stereocenters. The highest BCUT2D eigenvalue weighted by Gasteiger charge is 2.25. The van der Waals surface area contributed by atoms with Crippen LogP contribution in [0.2, 0.25) is 0 Å². The van der Waals surface area contributed by atoms with Crippen LogP contribution in [0.3, 0.4) is 0 Å². The molecule has 1 aliphatic carbocycles. The lowest BCUT2D eigenvalue weighted by Crippen LogP contribution is -2.20. The molecule has 1 fully saturated rings. The molecule has 1 heteroatoms. The summed E-state index contributed by atoms with van der Waals surface area (Å²) in [7, 11) is 0. The number of aliphatic hydroxyl groups is 1. The molecule has 1 aromatic carbocycles. The fourth-order valence-electron chi connectivity index (χ4n) is 2.57. The van der Waals surface area contributed by atoms with Crippen molar-refractivity contribution in [1.82, 2.24) is 0 Å². The lowest BCUT2D eigenvalue weighted by molar-refractivity contribution is 0.169. The zero-order valence-electron chi connectivity index (χ0n) is 8.52. The first-order valence-corrected chi connectivity index (χ1v) is 5.57. The van der Waals surface area contributed by atoms with Gasteiger partial charge in [-0.3, -0.25) is 0 Å². The molecule has 0 amide bonds. The summed E-state index contributed by atoms with van der Waals surface area (Å²) < 4.78 is 0. The highest BCUT2D eigenvalue weighted by Crippen LogP contribution is 2.37. The van der Waals surface area contributed by atoms with Gasteiger partial charge in [-0.2, -0.15) is 0 Å². The molecule has 0 saturated heterocycles. The smallest absolute Gasteiger partial charge is 0.0465 e. The van der Waals surface area contributed by atoms with Gasteiger partial charge in [0.15, 0.2) is 0 Å². The van der Waals surface area contributed by atoms with Crippen molar-refractivity contribution >= 4 is 0 Å². The summed E-state index contributed by atoms with van der Waals surface area (Å²) in [6.45, 7) is 0.347. The molecule has 76 valence electrons. The predicted molar refractivity (Wildman–Crippen MR) is 58.2 cm³/mol. The summed E-state index contributed by atoms with van der Waals surface area (Å²) in [4.78, 5) is 0. The largest absolute Gasteiger partial charge is 0.396 e. The Morgan fingerprint density at radius 1 is 1.07 bits per heavy atom. The van der Waals surface area contributed by atoms with Crippen molar-refractivity contribution in [3.05, 3.63) is 35.9 Å². The average molecular weight is 190 g/mol. The Morgan fingerprint density at radius 3 is 2.50 bits per heavy atom. The summed E-state index contributed by atoms with van der Waals surface area (Å²) in [5, 5.41) is 9.32. The molecule has 14 heavy (non-hydrogen) atoms. The highest BCUT2D eigenvalue weighted by molar-refractivity contribution is 5.20. The third-order valence-electron chi connectivity index (χ3n) is 3.37. The zero-order valence-corrected chi connectivity index (χ0v) is 8.52. The van der Waals surface area contributed by atoms with Crippen molar-refractivity contribution in [1.29, 1.82) is 0 Å². The second kappa shape index (κ2) is 4.61. The first kappa shape index (κ1) is 9.72. The second-order valence-corrected chi connectivity index (χ2v) is 4.24. The number of rotatable bonds is 2. The number of benzene rings is 1. The normalized spacial score (nSPS) is 27.5. The van der Waals surface area contributed by atoms with Gasteiger partial charge < -0.3 is 5.11 Å². The van der Waals surface area contributed by atoms with Gasteiger partial charge in [-0.25, -0.2) is 0 Å². The molecule has 0 bridgehead atoms. The van der Waals surface area contributed by atoms with Crippen LogP contribution >= 0.6 is 0 Å². The maximum absolute atomic E-state index is 9.32. The lowest BCUT2D eigenvalue weighted by atomic mass is 9.76. The van der Waals surface area contributed by atoms with E-state index < -0.39 is 0 Å². The van der Waals surface area contributed by atoms with Gasteiger partial charge in [0.05, 0.1) is 0 Å². The summed E-state index contributed by atoms with van der Waals surface area (Å²) in [5.74, 6) is 1.08. The maximum atomic E-state index is 9.32. The van der Waals surface area contributed by atoms with Crippen molar-refractivity contribution in [3.8, 4) is 0 Å². The lowest BCUT2D eigenvalue weighted by Gasteiger charge is -2.30. The number of hydrogen-bond donors (Lipinski definition) is 1.